The molecule has 1 aliphatic rings. The second-order valence-corrected chi connectivity index (χ2v) is 7.40. The summed E-state index contributed by atoms with van der Waals surface area (Å²) in [6.07, 6.45) is 3.73. The molecule has 1 amide bonds. The minimum absolute atomic E-state index is 0.0316. The van der Waals surface area contributed by atoms with Gasteiger partial charge in [-0.2, -0.15) is 5.10 Å². The molecule has 0 bridgehead atoms. The van der Waals surface area contributed by atoms with E-state index >= 15 is 0 Å². The zero-order valence-electron chi connectivity index (χ0n) is 13.2. The van der Waals surface area contributed by atoms with Crippen molar-refractivity contribution < 1.29 is 9.53 Å². The summed E-state index contributed by atoms with van der Waals surface area (Å²) in [4.78, 5) is 16.2. The highest BCUT2D eigenvalue weighted by molar-refractivity contribution is 9.10. The van der Waals surface area contributed by atoms with E-state index in [-0.39, 0.29) is 12.5 Å². The first kappa shape index (κ1) is 16.1. The summed E-state index contributed by atoms with van der Waals surface area (Å²) in [5.74, 6) is 0.484. The predicted molar refractivity (Wildman–Crippen MR) is 99.9 cm³/mol. The van der Waals surface area contributed by atoms with Crippen molar-refractivity contribution in [2.45, 2.75) is 6.54 Å². The summed E-state index contributed by atoms with van der Waals surface area (Å²) in [6.45, 7) is 0.577. The number of aromatic nitrogens is 3. The molecule has 0 spiro atoms. The molecular formula is C16H14BrN5O2S. The SMILES string of the molecule is Cn1cc(-c2csc(CNc3cc(Br)cc4c3NC(=O)CO4)n2)cn1. The van der Waals surface area contributed by atoms with Gasteiger partial charge in [0.05, 0.1) is 24.1 Å². The molecule has 9 heteroatoms. The fourth-order valence-electron chi connectivity index (χ4n) is 2.53. The van der Waals surface area contributed by atoms with Crippen LogP contribution in [-0.2, 0) is 18.4 Å². The van der Waals surface area contributed by atoms with Gasteiger partial charge < -0.3 is 15.4 Å². The van der Waals surface area contributed by atoms with E-state index < -0.39 is 0 Å². The van der Waals surface area contributed by atoms with Crippen molar-refractivity contribution in [3.63, 3.8) is 0 Å². The topological polar surface area (TPSA) is 81.1 Å². The molecule has 4 rings (SSSR count). The maximum Gasteiger partial charge on any atom is 0.262 e. The Kier molecular flexibility index (Phi) is 4.18. The molecule has 2 aromatic heterocycles. The molecule has 0 radical (unpaired) electrons. The van der Waals surface area contributed by atoms with Crippen LogP contribution in [0.2, 0.25) is 0 Å². The Labute approximate surface area is 156 Å². The molecule has 2 N–H and O–H groups in total. The largest absolute Gasteiger partial charge is 0.481 e. The molecule has 0 fully saturated rings. The van der Waals surface area contributed by atoms with Gasteiger partial charge in [-0.15, -0.1) is 11.3 Å². The number of hydrogen-bond donors (Lipinski definition) is 2. The summed E-state index contributed by atoms with van der Waals surface area (Å²) in [7, 11) is 1.88. The number of hydrogen-bond acceptors (Lipinski definition) is 6. The molecule has 128 valence electrons. The zero-order chi connectivity index (χ0) is 17.4. The van der Waals surface area contributed by atoms with Crippen LogP contribution in [0.1, 0.15) is 5.01 Å². The number of fused-ring (bicyclic) bond motifs is 1. The number of carbonyl (C=O) groups excluding carboxylic acids is 1. The third-order valence-electron chi connectivity index (χ3n) is 3.67. The van der Waals surface area contributed by atoms with Crippen LogP contribution in [0.25, 0.3) is 11.3 Å². The molecule has 3 aromatic rings. The quantitative estimate of drug-likeness (QED) is 0.678. The van der Waals surface area contributed by atoms with Gasteiger partial charge in [0.2, 0.25) is 0 Å². The van der Waals surface area contributed by atoms with Crippen LogP contribution in [0, 0.1) is 0 Å². The Hall–Kier alpha value is -2.39. The van der Waals surface area contributed by atoms with Crippen molar-refractivity contribution in [3.8, 4) is 17.0 Å². The van der Waals surface area contributed by atoms with Gasteiger partial charge >= 0.3 is 0 Å². The van der Waals surface area contributed by atoms with Crippen molar-refractivity contribution in [3.05, 3.63) is 39.4 Å². The lowest BCUT2D eigenvalue weighted by Gasteiger charge is -2.21. The molecule has 0 saturated heterocycles. The van der Waals surface area contributed by atoms with Gasteiger partial charge in [-0.3, -0.25) is 9.48 Å². The third-order valence-corrected chi connectivity index (χ3v) is 4.98. The number of aryl methyl sites for hydroxylation is 1. The van der Waals surface area contributed by atoms with Crippen LogP contribution < -0.4 is 15.4 Å². The van der Waals surface area contributed by atoms with Crippen LogP contribution in [-0.4, -0.2) is 27.3 Å². The van der Waals surface area contributed by atoms with Crippen LogP contribution >= 0.6 is 27.3 Å². The van der Waals surface area contributed by atoms with Gasteiger partial charge in [-0.05, 0) is 12.1 Å². The number of rotatable bonds is 4. The summed E-state index contributed by atoms with van der Waals surface area (Å²) in [5, 5.41) is 13.3. The average Bonchev–Trinajstić information content (AvgIpc) is 3.22. The number of amides is 1. The number of ether oxygens (including phenoxy) is 1. The molecule has 1 aliphatic heterocycles. The van der Waals surface area contributed by atoms with E-state index in [1.54, 1.807) is 22.2 Å². The van der Waals surface area contributed by atoms with Crippen LogP contribution in [0.15, 0.2) is 34.4 Å². The Bertz CT molecular complexity index is 952. The second-order valence-electron chi connectivity index (χ2n) is 5.55. The number of nitrogens with one attached hydrogen (secondary N) is 2. The van der Waals surface area contributed by atoms with Crippen molar-refractivity contribution in [2.75, 3.05) is 17.2 Å². The number of anilines is 2. The van der Waals surface area contributed by atoms with E-state index in [9.17, 15) is 4.79 Å². The minimum Gasteiger partial charge on any atom is -0.481 e. The Morgan fingerprint density at radius 3 is 3.16 bits per heavy atom. The predicted octanol–water partition coefficient (Wildman–Crippen LogP) is 3.25. The Balaban J connectivity index is 1.53. The first-order valence-corrected chi connectivity index (χ1v) is 9.19. The molecule has 3 heterocycles. The number of halogens is 1. The first-order valence-electron chi connectivity index (χ1n) is 7.52. The lowest BCUT2D eigenvalue weighted by atomic mass is 10.2. The Morgan fingerprint density at radius 1 is 1.48 bits per heavy atom. The van der Waals surface area contributed by atoms with Gasteiger partial charge in [0.25, 0.3) is 5.91 Å². The lowest BCUT2D eigenvalue weighted by molar-refractivity contribution is -0.118. The highest BCUT2D eigenvalue weighted by atomic mass is 79.9. The van der Waals surface area contributed by atoms with Crippen LogP contribution in [0.3, 0.4) is 0 Å². The molecule has 1 aromatic carbocycles. The van der Waals surface area contributed by atoms with Gasteiger partial charge in [0.1, 0.15) is 16.4 Å². The molecule has 0 aliphatic carbocycles. The van der Waals surface area contributed by atoms with Gasteiger partial charge in [0, 0.05) is 28.7 Å². The number of benzene rings is 1. The maximum absolute atomic E-state index is 11.6. The standard InChI is InChI=1S/C16H14BrN5O2S/c1-22-6-9(4-19-22)12-8-25-15(20-12)5-18-11-2-10(17)3-13-16(11)21-14(23)7-24-13/h2-4,6,8,18H,5,7H2,1H3,(H,21,23). The second kappa shape index (κ2) is 6.49. The van der Waals surface area contributed by atoms with E-state index in [2.05, 4.69) is 36.6 Å². The van der Waals surface area contributed by atoms with E-state index in [4.69, 9.17) is 4.74 Å². The van der Waals surface area contributed by atoms with E-state index in [0.29, 0.717) is 18.0 Å². The summed E-state index contributed by atoms with van der Waals surface area (Å²) in [6, 6.07) is 3.74. The number of nitrogens with zero attached hydrogens (tertiary/aromatic N) is 3. The van der Waals surface area contributed by atoms with Crippen molar-refractivity contribution in [2.24, 2.45) is 7.05 Å². The van der Waals surface area contributed by atoms with Gasteiger partial charge in [0.15, 0.2) is 6.61 Å². The number of carbonyl (C=O) groups is 1. The van der Waals surface area contributed by atoms with Crippen LogP contribution in [0.4, 0.5) is 11.4 Å². The van der Waals surface area contributed by atoms with Crippen LogP contribution in [0.5, 0.6) is 5.75 Å². The molecule has 0 unspecified atom stereocenters. The molecule has 25 heavy (non-hydrogen) atoms. The first-order chi connectivity index (χ1) is 12.1. The molecule has 7 nitrogen and oxygen atoms in total. The monoisotopic (exact) mass is 419 g/mol. The average molecular weight is 420 g/mol. The third kappa shape index (κ3) is 3.38. The highest BCUT2D eigenvalue weighted by Gasteiger charge is 2.20. The highest BCUT2D eigenvalue weighted by Crippen LogP contribution is 2.38. The van der Waals surface area contributed by atoms with E-state index in [0.717, 1.165) is 26.4 Å². The summed E-state index contributed by atoms with van der Waals surface area (Å²) in [5.41, 5.74) is 3.34. The molecular weight excluding hydrogens is 406 g/mol. The van der Waals surface area contributed by atoms with Crippen molar-refractivity contribution >= 4 is 44.5 Å². The van der Waals surface area contributed by atoms with Crippen molar-refractivity contribution in [1.29, 1.82) is 0 Å². The summed E-state index contributed by atoms with van der Waals surface area (Å²) < 4.78 is 8.10. The lowest BCUT2D eigenvalue weighted by Crippen LogP contribution is -2.26. The zero-order valence-corrected chi connectivity index (χ0v) is 15.6. The fraction of sp³-hybridized carbons (Fsp3) is 0.188. The summed E-state index contributed by atoms with van der Waals surface area (Å²) >= 11 is 5.04. The minimum atomic E-state index is -0.161. The Morgan fingerprint density at radius 2 is 2.36 bits per heavy atom. The normalized spacial score (nSPS) is 13.1. The number of thiazole rings is 1. The van der Waals surface area contributed by atoms with E-state index in [1.165, 1.54) is 0 Å². The van der Waals surface area contributed by atoms with Gasteiger partial charge in [-0.25, -0.2) is 4.98 Å². The molecule has 0 atom stereocenters. The smallest absolute Gasteiger partial charge is 0.262 e. The van der Waals surface area contributed by atoms with E-state index in [1.807, 2.05) is 30.8 Å². The molecule has 0 saturated carbocycles. The van der Waals surface area contributed by atoms with Crippen molar-refractivity contribution in [1.82, 2.24) is 14.8 Å². The van der Waals surface area contributed by atoms with Gasteiger partial charge in [-0.1, -0.05) is 15.9 Å². The fourth-order valence-corrected chi connectivity index (χ4v) is 3.71. The maximum atomic E-state index is 11.6.